The van der Waals surface area contributed by atoms with E-state index in [4.69, 9.17) is 0 Å². The van der Waals surface area contributed by atoms with Crippen molar-refractivity contribution in [3.63, 3.8) is 0 Å². The minimum absolute atomic E-state index is 0.287. The van der Waals surface area contributed by atoms with Crippen LogP contribution in [0, 0.1) is 0 Å². The van der Waals surface area contributed by atoms with Crippen LogP contribution in [-0.2, 0) is 0 Å². The second-order valence-electron chi connectivity index (χ2n) is 6.70. The molecule has 0 atom stereocenters. The summed E-state index contributed by atoms with van der Waals surface area (Å²) in [6.45, 7) is 0. The number of nitrogens with zero attached hydrogens (tertiary/aromatic N) is 4. The van der Waals surface area contributed by atoms with Gasteiger partial charge in [-0.25, -0.2) is 9.97 Å². The third kappa shape index (κ3) is 4.14. The minimum atomic E-state index is -0.287. The van der Waals surface area contributed by atoms with Gasteiger partial charge < -0.3 is 15.5 Å². The fourth-order valence-corrected chi connectivity index (χ4v) is 2.88. The molecule has 0 fully saturated rings. The molecule has 1 amide bonds. The average molecular weight is 384 g/mol. The van der Waals surface area contributed by atoms with E-state index in [0.29, 0.717) is 17.2 Å². The normalized spacial score (nSPS) is 10.6. The number of pyridine rings is 1. The summed E-state index contributed by atoms with van der Waals surface area (Å²) in [5.41, 5.74) is 3.73. The smallest absolute Gasteiger partial charge is 0.258 e. The first-order valence-corrected chi connectivity index (χ1v) is 9.12. The molecule has 2 N–H and O–H groups in total. The molecule has 0 bridgehead atoms. The van der Waals surface area contributed by atoms with Gasteiger partial charge in [0.2, 0.25) is 5.95 Å². The fourth-order valence-electron chi connectivity index (χ4n) is 2.88. The predicted octanol–water partition coefficient (Wildman–Crippen LogP) is 4.09. The van der Waals surface area contributed by atoms with E-state index in [1.165, 1.54) is 12.4 Å². The van der Waals surface area contributed by atoms with Crippen LogP contribution >= 0.6 is 0 Å². The Morgan fingerprint density at radius 1 is 0.897 bits per heavy atom. The van der Waals surface area contributed by atoms with Gasteiger partial charge in [-0.15, -0.1) is 0 Å². The van der Waals surface area contributed by atoms with Gasteiger partial charge in [-0.05, 0) is 36.4 Å². The van der Waals surface area contributed by atoms with Crippen molar-refractivity contribution in [1.29, 1.82) is 0 Å². The Bertz CT molecular complexity index is 1130. The summed E-state index contributed by atoms with van der Waals surface area (Å²) < 4.78 is 0. The first-order valence-electron chi connectivity index (χ1n) is 9.12. The van der Waals surface area contributed by atoms with E-state index in [0.717, 1.165) is 22.3 Å². The lowest BCUT2D eigenvalue weighted by molar-refractivity contribution is 0.102. The maximum atomic E-state index is 12.6. The summed E-state index contributed by atoms with van der Waals surface area (Å²) in [5.74, 6) is 0.135. The molecule has 0 aliphatic carbocycles. The molecule has 0 spiro atoms. The molecule has 7 heteroatoms. The average Bonchev–Trinajstić information content (AvgIpc) is 2.75. The number of carbonyl (C=O) groups excluding carboxylic acids is 1. The molecule has 144 valence electrons. The van der Waals surface area contributed by atoms with Crippen molar-refractivity contribution >= 4 is 39.8 Å². The van der Waals surface area contributed by atoms with Crippen LogP contribution in [0.2, 0.25) is 0 Å². The number of anilines is 4. The van der Waals surface area contributed by atoms with E-state index in [1.807, 2.05) is 73.6 Å². The van der Waals surface area contributed by atoms with Crippen molar-refractivity contribution in [2.75, 3.05) is 29.6 Å². The monoisotopic (exact) mass is 384 g/mol. The van der Waals surface area contributed by atoms with E-state index in [-0.39, 0.29) is 5.91 Å². The SMILES string of the molecule is CN(C)c1ccc(Nc2ncc(C(=O)Nc3cccc4cccnc34)cn2)cc1. The summed E-state index contributed by atoms with van der Waals surface area (Å²) in [5, 5.41) is 6.97. The van der Waals surface area contributed by atoms with Crippen LogP contribution in [0.3, 0.4) is 0 Å². The molecule has 0 saturated carbocycles. The van der Waals surface area contributed by atoms with Gasteiger partial charge in [-0.2, -0.15) is 0 Å². The van der Waals surface area contributed by atoms with E-state index >= 15 is 0 Å². The first kappa shape index (κ1) is 18.4. The standard InChI is InChI=1S/C22H20N6O/c1-28(2)18-10-8-17(9-11-18)26-22-24-13-16(14-25-22)21(29)27-19-7-3-5-15-6-4-12-23-20(15)19/h3-14H,1-2H3,(H,27,29)(H,24,25,26). The predicted molar refractivity (Wildman–Crippen MR) is 116 cm³/mol. The minimum Gasteiger partial charge on any atom is -0.378 e. The topological polar surface area (TPSA) is 83.0 Å². The molecule has 0 aliphatic rings. The van der Waals surface area contributed by atoms with Crippen LogP contribution in [0.25, 0.3) is 10.9 Å². The molecule has 0 radical (unpaired) electrons. The summed E-state index contributed by atoms with van der Waals surface area (Å²) in [6, 6.07) is 17.4. The lowest BCUT2D eigenvalue weighted by atomic mass is 10.2. The summed E-state index contributed by atoms with van der Waals surface area (Å²) >= 11 is 0. The maximum Gasteiger partial charge on any atom is 0.258 e. The molecule has 7 nitrogen and oxygen atoms in total. The number of benzene rings is 2. The third-order valence-electron chi connectivity index (χ3n) is 4.43. The number of rotatable bonds is 5. The Kier molecular flexibility index (Phi) is 5.03. The molecular formula is C22H20N6O. The highest BCUT2D eigenvalue weighted by atomic mass is 16.1. The van der Waals surface area contributed by atoms with Crippen LogP contribution in [-0.4, -0.2) is 35.0 Å². The molecular weight excluding hydrogens is 364 g/mol. The Morgan fingerprint density at radius 3 is 2.34 bits per heavy atom. The molecule has 4 rings (SSSR count). The Labute approximate surface area is 168 Å². The molecule has 29 heavy (non-hydrogen) atoms. The number of carbonyl (C=O) groups is 1. The van der Waals surface area contributed by atoms with Crippen LogP contribution < -0.4 is 15.5 Å². The zero-order valence-electron chi connectivity index (χ0n) is 16.1. The van der Waals surface area contributed by atoms with Gasteiger partial charge in [-0.1, -0.05) is 18.2 Å². The van der Waals surface area contributed by atoms with Gasteiger partial charge in [0.25, 0.3) is 5.91 Å². The Hall–Kier alpha value is -4.00. The van der Waals surface area contributed by atoms with Crippen molar-refractivity contribution in [3.8, 4) is 0 Å². The fraction of sp³-hybridized carbons (Fsp3) is 0.0909. The molecule has 2 heterocycles. The van der Waals surface area contributed by atoms with Crippen LogP contribution in [0.5, 0.6) is 0 Å². The maximum absolute atomic E-state index is 12.6. The number of para-hydroxylation sites is 1. The number of nitrogens with one attached hydrogen (secondary N) is 2. The second kappa shape index (κ2) is 7.93. The quantitative estimate of drug-likeness (QED) is 0.539. The Morgan fingerprint density at radius 2 is 1.62 bits per heavy atom. The number of hydrogen-bond donors (Lipinski definition) is 2. The number of amides is 1. The molecule has 4 aromatic rings. The van der Waals surface area contributed by atoms with Gasteiger partial charge in [0, 0.05) is 49.4 Å². The summed E-state index contributed by atoms with van der Waals surface area (Å²) in [4.78, 5) is 27.5. The lowest BCUT2D eigenvalue weighted by Crippen LogP contribution is -2.13. The summed E-state index contributed by atoms with van der Waals surface area (Å²) in [7, 11) is 3.98. The van der Waals surface area contributed by atoms with Crippen molar-refractivity contribution in [2.45, 2.75) is 0 Å². The first-order chi connectivity index (χ1) is 14.1. The highest BCUT2D eigenvalue weighted by Crippen LogP contribution is 2.21. The number of fused-ring (bicyclic) bond motifs is 1. The van der Waals surface area contributed by atoms with E-state index < -0.39 is 0 Å². The molecule has 2 aromatic heterocycles. The van der Waals surface area contributed by atoms with Crippen LogP contribution in [0.15, 0.2) is 73.2 Å². The second-order valence-corrected chi connectivity index (χ2v) is 6.70. The highest BCUT2D eigenvalue weighted by Gasteiger charge is 2.10. The zero-order valence-corrected chi connectivity index (χ0v) is 16.1. The molecule has 0 aliphatic heterocycles. The van der Waals surface area contributed by atoms with Gasteiger partial charge in [0.15, 0.2) is 0 Å². The van der Waals surface area contributed by atoms with Crippen molar-refractivity contribution in [1.82, 2.24) is 15.0 Å². The third-order valence-corrected chi connectivity index (χ3v) is 4.43. The molecule has 0 saturated heterocycles. The van der Waals surface area contributed by atoms with Gasteiger partial charge in [0.1, 0.15) is 0 Å². The van der Waals surface area contributed by atoms with Crippen molar-refractivity contribution in [2.24, 2.45) is 0 Å². The zero-order chi connectivity index (χ0) is 20.2. The van der Waals surface area contributed by atoms with Crippen molar-refractivity contribution in [3.05, 3.63) is 78.8 Å². The van der Waals surface area contributed by atoms with Gasteiger partial charge in [0.05, 0.1) is 16.8 Å². The number of hydrogen-bond acceptors (Lipinski definition) is 6. The van der Waals surface area contributed by atoms with E-state index in [2.05, 4.69) is 25.6 Å². The Balaban J connectivity index is 1.46. The van der Waals surface area contributed by atoms with Gasteiger partial charge >= 0.3 is 0 Å². The molecule has 0 unspecified atom stereocenters. The van der Waals surface area contributed by atoms with Gasteiger partial charge in [-0.3, -0.25) is 9.78 Å². The van der Waals surface area contributed by atoms with E-state index in [9.17, 15) is 4.79 Å². The van der Waals surface area contributed by atoms with Crippen LogP contribution in [0.4, 0.5) is 23.0 Å². The van der Waals surface area contributed by atoms with Crippen molar-refractivity contribution < 1.29 is 4.79 Å². The van der Waals surface area contributed by atoms with Crippen LogP contribution in [0.1, 0.15) is 10.4 Å². The van der Waals surface area contributed by atoms with E-state index in [1.54, 1.807) is 6.20 Å². The highest BCUT2D eigenvalue weighted by molar-refractivity contribution is 6.08. The molecule has 2 aromatic carbocycles. The largest absolute Gasteiger partial charge is 0.378 e. The number of aromatic nitrogens is 3. The summed E-state index contributed by atoms with van der Waals surface area (Å²) in [6.07, 6.45) is 4.70. The lowest BCUT2D eigenvalue weighted by Gasteiger charge is -2.13.